The molecule has 0 bridgehead atoms. The third-order valence-corrected chi connectivity index (χ3v) is 3.42. The van der Waals surface area contributed by atoms with E-state index < -0.39 is 0 Å². The summed E-state index contributed by atoms with van der Waals surface area (Å²) in [5.74, 6) is 1.00. The maximum atomic E-state index is 4.68. The van der Waals surface area contributed by atoms with Gasteiger partial charge in [0.1, 0.15) is 11.5 Å². The molecular weight excluding hydrogens is 256 g/mol. The van der Waals surface area contributed by atoms with E-state index in [9.17, 15) is 0 Å². The number of hydrogen-bond donors (Lipinski definition) is 1. The Morgan fingerprint density at radius 3 is 2.79 bits per heavy atom. The van der Waals surface area contributed by atoms with Crippen molar-refractivity contribution in [2.24, 2.45) is 0 Å². The maximum absolute atomic E-state index is 4.68. The van der Waals surface area contributed by atoms with Crippen LogP contribution in [0.4, 0.5) is 5.82 Å². The molecule has 0 aliphatic rings. The number of anilines is 1. The molecule has 3 aromatic rings. The molecule has 1 N–H and O–H groups in total. The van der Waals surface area contributed by atoms with Crippen molar-refractivity contribution >= 4 is 22.1 Å². The van der Waals surface area contributed by atoms with Crippen LogP contribution in [0.25, 0.3) is 16.3 Å². The molecule has 0 aromatic carbocycles. The highest BCUT2D eigenvalue weighted by atomic mass is 32.1. The molecule has 0 fully saturated rings. The fraction of sp³-hybridized carbons (Fsp3) is 0.286. The fourth-order valence-electron chi connectivity index (χ4n) is 1.94. The molecule has 4 nitrogen and oxygen atoms in total. The van der Waals surface area contributed by atoms with Crippen molar-refractivity contribution in [2.75, 3.05) is 5.32 Å². The Morgan fingerprint density at radius 2 is 2.11 bits per heavy atom. The van der Waals surface area contributed by atoms with Gasteiger partial charge in [-0.05, 0) is 32.9 Å². The number of fused-ring (bicyclic) bond motifs is 1. The second-order valence-corrected chi connectivity index (χ2v) is 6.33. The summed E-state index contributed by atoms with van der Waals surface area (Å²) in [6.45, 7) is 6.42. The van der Waals surface area contributed by atoms with Gasteiger partial charge in [0.2, 0.25) is 0 Å². The largest absolute Gasteiger partial charge is 0.365 e. The molecule has 0 aliphatic carbocycles. The van der Waals surface area contributed by atoms with Crippen molar-refractivity contribution in [1.82, 2.24) is 14.4 Å². The molecular formula is C14H16N4S. The molecule has 0 unspecified atom stereocenters. The summed E-state index contributed by atoms with van der Waals surface area (Å²) >= 11 is 1.63. The van der Waals surface area contributed by atoms with Gasteiger partial charge in [0.15, 0.2) is 4.96 Å². The van der Waals surface area contributed by atoms with Crippen molar-refractivity contribution in [1.29, 1.82) is 0 Å². The lowest BCUT2D eigenvalue weighted by Crippen LogP contribution is -2.27. The topological polar surface area (TPSA) is 42.2 Å². The van der Waals surface area contributed by atoms with Gasteiger partial charge in [-0.3, -0.25) is 9.38 Å². The van der Waals surface area contributed by atoms with E-state index in [1.807, 2.05) is 29.8 Å². The molecule has 19 heavy (non-hydrogen) atoms. The van der Waals surface area contributed by atoms with Crippen LogP contribution in [0.15, 0.2) is 36.0 Å². The molecule has 0 aliphatic heterocycles. The van der Waals surface area contributed by atoms with Crippen LogP contribution in [0.5, 0.6) is 0 Å². The highest BCUT2D eigenvalue weighted by Crippen LogP contribution is 2.31. The normalized spacial score (nSPS) is 11.9. The highest BCUT2D eigenvalue weighted by Gasteiger charge is 2.20. The Bertz CT molecular complexity index is 691. The van der Waals surface area contributed by atoms with Gasteiger partial charge in [-0.15, -0.1) is 11.3 Å². The van der Waals surface area contributed by atoms with Crippen LogP contribution in [-0.4, -0.2) is 19.9 Å². The molecule has 3 heterocycles. The number of pyridine rings is 1. The zero-order chi connectivity index (χ0) is 13.5. The van der Waals surface area contributed by atoms with E-state index >= 15 is 0 Å². The summed E-state index contributed by atoms with van der Waals surface area (Å²) in [6.07, 6.45) is 3.83. The van der Waals surface area contributed by atoms with Crippen LogP contribution in [0, 0.1) is 0 Å². The molecule has 0 atom stereocenters. The quantitative estimate of drug-likeness (QED) is 0.774. The van der Waals surface area contributed by atoms with Gasteiger partial charge in [0.25, 0.3) is 0 Å². The second-order valence-electron chi connectivity index (χ2n) is 5.45. The van der Waals surface area contributed by atoms with E-state index in [0.29, 0.717) is 0 Å². The van der Waals surface area contributed by atoms with Gasteiger partial charge in [-0.2, -0.15) is 0 Å². The average Bonchev–Trinajstić information content (AvgIpc) is 2.92. The van der Waals surface area contributed by atoms with Crippen LogP contribution >= 0.6 is 11.3 Å². The fourth-order valence-corrected chi connectivity index (χ4v) is 2.66. The van der Waals surface area contributed by atoms with E-state index in [0.717, 1.165) is 22.2 Å². The van der Waals surface area contributed by atoms with Crippen LogP contribution in [0.2, 0.25) is 0 Å². The minimum atomic E-state index is -0.0264. The Labute approximate surface area is 116 Å². The van der Waals surface area contributed by atoms with Crippen molar-refractivity contribution < 1.29 is 0 Å². The van der Waals surface area contributed by atoms with Crippen LogP contribution in [0.3, 0.4) is 0 Å². The molecule has 0 radical (unpaired) electrons. The predicted octanol–water partition coefficient (Wildman–Crippen LogP) is 3.67. The third-order valence-electron chi connectivity index (χ3n) is 2.66. The zero-order valence-corrected chi connectivity index (χ0v) is 12.0. The summed E-state index contributed by atoms with van der Waals surface area (Å²) < 4.78 is 2.08. The molecule has 0 spiro atoms. The number of nitrogens with one attached hydrogen (secondary N) is 1. The monoisotopic (exact) mass is 272 g/mol. The van der Waals surface area contributed by atoms with Gasteiger partial charge < -0.3 is 5.32 Å². The van der Waals surface area contributed by atoms with Crippen LogP contribution < -0.4 is 5.32 Å². The number of nitrogens with zero attached hydrogens (tertiary/aromatic N) is 3. The number of thiazole rings is 1. The van der Waals surface area contributed by atoms with Crippen molar-refractivity contribution in [3.05, 3.63) is 36.0 Å². The van der Waals surface area contributed by atoms with Crippen molar-refractivity contribution in [3.63, 3.8) is 0 Å². The van der Waals surface area contributed by atoms with Crippen molar-refractivity contribution in [2.45, 2.75) is 26.3 Å². The number of imidazole rings is 1. The van der Waals surface area contributed by atoms with Gasteiger partial charge in [0, 0.05) is 23.3 Å². The van der Waals surface area contributed by atoms with E-state index in [1.165, 1.54) is 0 Å². The van der Waals surface area contributed by atoms with Gasteiger partial charge in [0.05, 0.1) is 5.69 Å². The Morgan fingerprint density at radius 1 is 1.26 bits per heavy atom. The first kappa shape index (κ1) is 12.2. The number of aromatic nitrogens is 3. The summed E-state index contributed by atoms with van der Waals surface area (Å²) in [6, 6.07) is 5.88. The standard InChI is InChI=1S/C14H16N4S/c1-14(2,3)17-12-11(10-6-4-5-7-15-10)16-13-18(12)8-9-19-13/h4-9,17H,1-3H3. The molecule has 5 heteroatoms. The summed E-state index contributed by atoms with van der Waals surface area (Å²) in [4.78, 5) is 10.1. The third kappa shape index (κ3) is 2.33. The number of hydrogen-bond acceptors (Lipinski definition) is 4. The average molecular weight is 272 g/mol. The van der Waals surface area contributed by atoms with E-state index in [-0.39, 0.29) is 5.54 Å². The minimum absolute atomic E-state index is 0.0264. The zero-order valence-electron chi connectivity index (χ0n) is 11.2. The Hall–Kier alpha value is -1.88. The first-order valence-electron chi connectivity index (χ1n) is 6.20. The predicted molar refractivity (Wildman–Crippen MR) is 79.7 cm³/mol. The lowest BCUT2D eigenvalue weighted by Gasteiger charge is -2.22. The van der Waals surface area contributed by atoms with Gasteiger partial charge >= 0.3 is 0 Å². The smallest absolute Gasteiger partial charge is 0.195 e. The minimum Gasteiger partial charge on any atom is -0.365 e. The SMILES string of the molecule is CC(C)(C)Nc1c(-c2ccccn2)nc2sccn12. The number of rotatable bonds is 2. The summed E-state index contributed by atoms with van der Waals surface area (Å²) in [5, 5.41) is 5.56. The second kappa shape index (κ2) is 4.35. The molecule has 0 saturated carbocycles. The maximum Gasteiger partial charge on any atom is 0.195 e. The first-order valence-corrected chi connectivity index (χ1v) is 7.08. The molecule has 98 valence electrons. The Kier molecular flexibility index (Phi) is 2.78. The van der Waals surface area contributed by atoms with E-state index in [1.54, 1.807) is 17.5 Å². The lowest BCUT2D eigenvalue weighted by molar-refractivity contribution is 0.630. The molecule has 0 amide bonds. The highest BCUT2D eigenvalue weighted by molar-refractivity contribution is 7.15. The summed E-state index contributed by atoms with van der Waals surface area (Å²) in [7, 11) is 0. The van der Waals surface area contributed by atoms with Gasteiger partial charge in [-0.25, -0.2) is 4.98 Å². The van der Waals surface area contributed by atoms with Crippen LogP contribution in [0.1, 0.15) is 20.8 Å². The van der Waals surface area contributed by atoms with Crippen molar-refractivity contribution in [3.8, 4) is 11.4 Å². The molecule has 0 saturated heterocycles. The summed E-state index contributed by atoms with van der Waals surface area (Å²) in [5.41, 5.74) is 1.77. The first-order chi connectivity index (χ1) is 9.04. The van der Waals surface area contributed by atoms with Crippen LogP contribution in [-0.2, 0) is 0 Å². The van der Waals surface area contributed by atoms with E-state index in [2.05, 4.69) is 40.5 Å². The molecule has 3 aromatic heterocycles. The Balaban J connectivity index is 2.18. The van der Waals surface area contributed by atoms with Gasteiger partial charge in [-0.1, -0.05) is 6.07 Å². The lowest BCUT2D eigenvalue weighted by atomic mass is 10.1. The van der Waals surface area contributed by atoms with E-state index in [4.69, 9.17) is 0 Å². The molecule has 3 rings (SSSR count).